The van der Waals surface area contributed by atoms with Crippen molar-refractivity contribution in [3.8, 4) is 72.8 Å². The van der Waals surface area contributed by atoms with E-state index >= 15 is 0 Å². The van der Waals surface area contributed by atoms with E-state index in [-0.39, 0.29) is 120 Å². The fourth-order valence-electron chi connectivity index (χ4n) is 7.17. The van der Waals surface area contributed by atoms with Crippen molar-refractivity contribution in [2.24, 2.45) is 32.2 Å². The van der Waals surface area contributed by atoms with Crippen LogP contribution in [0.4, 0.5) is 31.3 Å². The molecule has 1 aliphatic rings. The number of allylic oxidation sites excluding steroid dienone is 2. The fourth-order valence-corrected chi connectivity index (χ4v) is 7.78. The molecule has 0 saturated carbocycles. The number of amides is 7. The van der Waals surface area contributed by atoms with Gasteiger partial charge in [0.25, 0.3) is 23.6 Å². The van der Waals surface area contributed by atoms with Gasteiger partial charge in [0.15, 0.2) is 54.6 Å². The fraction of sp³-hybridized carbons (Fsp3) is 0.375. The molecule has 47 nitrogen and oxygen atoms in total. The van der Waals surface area contributed by atoms with Gasteiger partial charge in [-0.25, -0.2) is 49.5 Å². The standard InChI is InChI=1S/C14H15BrN6O2.C14H16N6O2.C10H15N3O2.C10H11N3O2.C7H8N4O.C6H3ClN2.C6H7N.C4H9NO2.C4H8O3.C4H8O.C2H7N.C2H6O.C2H2.CH4N2O.2CH4.B2.BHNS.ClH.F2.2H2/c1-20(2)12(22)8-23-11-4-3-9(6-18-11)7-21-13(17)10(5-16)19-14(21)15;1-19(2)13(21)8-22-12-4-3-10(6-17-12)7-20-9-18-11(5-15)14(20)16;2*1-13(2)10(14)7-15-9-4-3-8(5-11)6-12-9;1-2-12-5-11-7(4-9)6(10)3-8;7-6-2-1-5(3-8)4-9-6;7-6-4-2-1-3-5-6;1-5(2)4(7)3-6;1-2-7-4(6)3-5;1-2-4-5-3-1;1-3-2;1-2-3;1-2;2-1(3)4;;;1-2;1-2-3;;1-2;;/h3-4,6H,7-8,17H2,1-2H3;3-4,6,9H,7-8,16H2,1-2H3;3-4,6H,5,7,11H2,1-2H3;3-4,6H,7H2,1-2H3;5H,2,10H2,1H3;1-2,4H;1-5H,7H2;6H,3H2,1-2H3;5H,2-3H2,1H3;1-4H2;3H,1-2H3;3H,2H2,1H3;1-2H;(H4,2,3,4);2*1H4;;3H;1H;;2*1H/b;;;;7-6-,11-5?;;;;;;;;;;;;;;;;;/i;;;;;;;;;;;;;;;;;;;;1+1D;. The number of carbonyl (C=O) groups excluding carboxylic acids is 7. The monoisotopic (exact) mass is 2140 g/mol. The van der Waals surface area contributed by atoms with Crippen molar-refractivity contribution < 1.29 is 95.6 Å². The minimum Gasteiger partial charge on any atom is 0 e. The number of nitrogens with one attached hydrogen (secondary N) is 1. The molecule has 0 aliphatic carbocycles. The number of aliphatic hydroxyl groups is 3. The Kier molecular flexibility index (Phi) is 105. The summed E-state index contributed by atoms with van der Waals surface area (Å²) < 4.78 is 67.3. The van der Waals surface area contributed by atoms with Gasteiger partial charge >= 0.3 is 36.8 Å². The molecule has 9 rings (SSSR count). The minimum absolute atomic E-state index is 0. The van der Waals surface area contributed by atoms with Crippen molar-refractivity contribution in [2.75, 3.05) is 174 Å². The van der Waals surface area contributed by atoms with E-state index in [9.17, 15) is 28.8 Å². The van der Waals surface area contributed by atoms with Crippen LogP contribution in [-0.4, -0.2) is 312 Å². The molecule has 787 valence electrons. The Bertz CT molecular complexity index is 5100. The number of imidazole rings is 2. The van der Waals surface area contributed by atoms with E-state index < -0.39 is 25.2 Å². The van der Waals surface area contributed by atoms with Gasteiger partial charge in [0.05, 0.1) is 43.8 Å². The van der Waals surface area contributed by atoms with Gasteiger partial charge in [-0.2, -0.15) is 31.6 Å². The molecule has 1 aromatic carbocycles. The predicted octanol–water partition coefficient (Wildman–Crippen LogP) is 5.79. The molecule has 0 unspecified atom stereocenters. The third-order valence-corrected chi connectivity index (χ3v) is 14.9. The molecule has 18 N–H and O–H groups in total. The van der Waals surface area contributed by atoms with Crippen LogP contribution in [-0.2, 0) is 62.6 Å². The molecule has 0 bridgehead atoms. The Labute approximate surface area is 873 Å². The van der Waals surface area contributed by atoms with E-state index in [0.717, 1.165) is 42.0 Å². The van der Waals surface area contributed by atoms with Crippen LogP contribution in [0, 0.1) is 80.8 Å². The van der Waals surface area contributed by atoms with E-state index in [1.807, 2.05) is 80.8 Å². The van der Waals surface area contributed by atoms with Crippen LogP contribution in [0.25, 0.3) is 0 Å². The van der Waals surface area contributed by atoms with Crippen LogP contribution in [0.1, 0.15) is 92.1 Å². The number of hydrogen-bond acceptors (Lipinski definition) is 39. The molecular weight excluding hydrogens is 2000 g/mol. The average Bonchev–Trinajstić information content (AvgIpc) is 1.66. The molecule has 0 spiro atoms. The van der Waals surface area contributed by atoms with Crippen LogP contribution < -0.4 is 64.4 Å². The van der Waals surface area contributed by atoms with Gasteiger partial charge in [-0.15, -0.1) is 25.3 Å². The Hall–Kier alpha value is -15.4. The van der Waals surface area contributed by atoms with Gasteiger partial charge in [-0.1, -0.05) is 62.9 Å². The van der Waals surface area contributed by atoms with Crippen LogP contribution in [0.3, 0.4) is 0 Å². The number of halogens is 5. The van der Waals surface area contributed by atoms with E-state index in [1.165, 1.54) is 56.1 Å². The molecule has 5 radical (unpaired) electrons. The maximum Gasteiger partial charge on any atom is 0 e. The molecule has 8 aromatic rings. The van der Waals surface area contributed by atoms with E-state index in [4.69, 9.17) is 132 Å². The quantitative estimate of drug-likeness (QED) is 0.00415. The first-order valence-corrected chi connectivity index (χ1v) is 41.6. The number of ether oxygens (including phenoxy) is 7. The van der Waals surface area contributed by atoms with Crippen molar-refractivity contribution in [1.82, 2.24) is 73.8 Å². The number of likely N-dealkylation sites (N-methyl/N-ethyl adjacent to an activating group) is 5. The number of esters is 1. The average molecular weight is 2140 g/mol. The third-order valence-electron chi connectivity index (χ3n) is 14.1. The number of aliphatic hydroxyl groups excluding tert-OH is 3. The number of urea groups is 1. The molecule has 144 heavy (non-hydrogen) atoms. The maximum absolute atomic E-state index is 11.4. The molecule has 7 amide bonds. The van der Waals surface area contributed by atoms with Gasteiger partial charge < -0.3 is 128 Å². The minimum atomic E-state index is -0.833. The number of pyridine rings is 5. The summed E-state index contributed by atoms with van der Waals surface area (Å²) in [7, 11) is 32.6. The molecule has 1 fully saturated rings. The second kappa shape index (κ2) is 102. The zero-order valence-electron chi connectivity index (χ0n) is 83.2. The summed E-state index contributed by atoms with van der Waals surface area (Å²) in [6.07, 6.45) is 20.9. The van der Waals surface area contributed by atoms with Crippen LogP contribution in [0.2, 0.25) is 5.15 Å². The van der Waals surface area contributed by atoms with Crippen LogP contribution in [0.15, 0.2) is 154 Å². The number of nitrogens with two attached hydrogens (primary N) is 7. The van der Waals surface area contributed by atoms with E-state index in [0.29, 0.717) is 83.2 Å². The third kappa shape index (κ3) is 83.6. The van der Waals surface area contributed by atoms with Gasteiger partial charge in [-0.05, 0) is 111 Å². The Morgan fingerprint density at radius 1 is 0.597 bits per heavy atom. The number of terminal acetylenes is 1. The second-order valence-electron chi connectivity index (χ2n) is 25.7. The number of hydrogen-bond donors (Lipinski definition) is 12. The largest absolute Gasteiger partial charge is 0 e. The van der Waals surface area contributed by atoms with Crippen molar-refractivity contribution in [3.05, 3.63) is 189 Å². The SMILES string of the molecule is C.C.C#C.C1CCOC1.CCO.CCOC(=O)CO.CCOC=N/C(C#N)=C(\N)C#N.CN(C)C(=O)CO.CN(C)C(=O)COc1ccc(C#N)cn1.CN(C)C(=O)COc1ccc(CN)cn1.CN(C)C(=O)COc1ccc(Cn2c(Br)nc(C#N)c2N)cn1.CN(C)C(=O)COc1ccc(Cn2cnc(C#N)c2N)cn1.CNC.Cl.FF.N#Cc1ccc(Cl)nc1.NC(N)=O.Nc1ccccc1.[2H][2H].[B]=NS.[B][B].[HH]. The first-order valence-electron chi connectivity index (χ1n) is 41.0. The van der Waals surface area contributed by atoms with Crippen molar-refractivity contribution in [3.63, 3.8) is 0 Å². The predicted molar refractivity (Wildman–Crippen MR) is 559 cm³/mol. The first kappa shape index (κ1) is 149. The van der Waals surface area contributed by atoms with Gasteiger partial charge in [-0.3, -0.25) is 24.0 Å². The summed E-state index contributed by atoms with van der Waals surface area (Å²) in [6.45, 7) is 8.40. The number of anilines is 3. The number of nitrogen functional groups attached to an aromatic ring is 3. The first-order chi connectivity index (χ1) is 68.1. The summed E-state index contributed by atoms with van der Waals surface area (Å²) in [4.78, 5) is 113. The number of para-hydroxylation sites is 1. The van der Waals surface area contributed by atoms with Gasteiger partial charge in [0, 0.05) is 187 Å². The van der Waals surface area contributed by atoms with Gasteiger partial charge in [0.2, 0.25) is 29.4 Å². The molecule has 7 aromatic heterocycles. The number of thiol groups is 1. The topological polar surface area (TPSA) is 723 Å². The maximum atomic E-state index is 11.4. The van der Waals surface area contributed by atoms with Crippen molar-refractivity contribution in [2.45, 2.75) is 68.1 Å². The summed E-state index contributed by atoms with van der Waals surface area (Å²) in [5.41, 5.74) is 40.6. The number of rotatable bonds is 23. The summed E-state index contributed by atoms with van der Waals surface area (Å²) in [6, 6.07) is 36.5. The van der Waals surface area contributed by atoms with Crippen molar-refractivity contribution in [1.29, 1.82) is 31.6 Å². The van der Waals surface area contributed by atoms with E-state index in [1.54, 1.807) is 180 Å². The smallest absolute Gasteiger partial charge is 0 e. The molecule has 56 heteroatoms. The van der Waals surface area contributed by atoms with E-state index in [2.05, 4.69) is 130 Å². The molecule has 1 saturated heterocycles. The molecular formula is C88H133B3BrCl2F2N30O17S. The number of carbonyl (C=O) groups is 7. The van der Waals surface area contributed by atoms with Gasteiger partial charge in [0.1, 0.15) is 72.1 Å². The number of nitriles is 6. The Morgan fingerprint density at radius 3 is 1.21 bits per heavy atom. The Balaban J connectivity index is -0.000000123. The normalized spacial score (nSPS) is 9.33. The Morgan fingerprint density at radius 2 is 0.965 bits per heavy atom. The molecule has 1 aliphatic heterocycles. The van der Waals surface area contributed by atoms with Crippen LogP contribution >= 0.6 is 52.8 Å². The number of aromatic nitrogens is 9. The second-order valence-corrected chi connectivity index (χ2v) is 27.0. The number of benzene rings is 1. The molecule has 0 atom stereocenters. The van der Waals surface area contributed by atoms with Crippen LogP contribution in [0.5, 0.6) is 23.5 Å². The number of primary amides is 2. The summed E-state index contributed by atoms with van der Waals surface area (Å²) >= 11 is 11.9. The summed E-state index contributed by atoms with van der Waals surface area (Å²) in [5, 5.41) is 78.1. The number of aliphatic imine (C=N–C) groups is 1. The summed E-state index contributed by atoms with van der Waals surface area (Å²) in [5.74, 6) is 0.761. The zero-order chi connectivity index (χ0) is 112. The van der Waals surface area contributed by atoms with Crippen molar-refractivity contribution >= 4 is 141 Å². The number of nitrogens with zero attached hydrogens (tertiary/aromatic N) is 22. The molecule has 8 heterocycles. The zero-order valence-corrected chi connectivity index (χ0v) is 85.3.